The molecule has 10 heteroatoms. The molecule has 0 saturated carbocycles. The Balaban J connectivity index is 1.37. The van der Waals surface area contributed by atoms with E-state index in [1.54, 1.807) is 36.5 Å². The SMILES string of the molecule is C[C@H]1CCN(C(=O)c2ccc(NCc3cccc(-c4nc(CC(F)(F)F)no4)c3)nc2)C1. The average molecular weight is 445 g/mol. The maximum atomic E-state index is 12.5. The van der Waals surface area contributed by atoms with Crippen molar-refractivity contribution in [3.05, 3.63) is 59.5 Å². The molecule has 0 bridgehead atoms. The van der Waals surface area contributed by atoms with E-state index in [0.717, 1.165) is 25.1 Å². The Kier molecular flexibility index (Phi) is 6.11. The van der Waals surface area contributed by atoms with E-state index in [-0.39, 0.29) is 11.8 Å². The van der Waals surface area contributed by atoms with Crippen LogP contribution in [0.2, 0.25) is 0 Å². The molecule has 168 valence electrons. The summed E-state index contributed by atoms with van der Waals surface area (Å²) in [6.45, 7) is 4.09. The zero-order valence-electron chi connectivity index (χ0n) is 17.4. The molecule has 4 rings (SSSR count). The van der Waals surface area contributed by atoms with Gasteiger partial charge >= 0.3 is 6.18 Å². The van der Waals surface area contributed by atoms with Crippen molar-refractivity contribution >= 4 is 11.7 Å². The standard InChI is InChI=1S/C22H22F3N5O2/c1-14-7-8-30(13-14)21(31)17-5-6-18(27-12-17)26-11-15-3-2-4-16(9-15)20-28-19(29-32-20)10-22(23,24)25/h2-6,9,12,14H,7-8,10-11,13H2,1H3,(H,26,27)/t14-/m0/s1. The number of anilines is 1. The molecule has 1 amide bonds. The number of carbonyl (C=O) groups is 1. The third-order valence-electron chi connectivity index (χ3n) is 5.20. The van der Waals surface area contributed by atoms with Gasteiger partial charge in [-0.2, -0.15) is 18.2 Å². The van der Waals surface area contributed by atoms with Crippen LogP contribution in [-0.2, 0) is 13.0 Å². The molecular formula is C22H22F3N5O2. The summed E-state index contributed by atoms with van der Waals surface area (Å²) in [6.07, 6.45) is -3.05. The lowest BCUT2D eigenvalue weighted by Gasteiger charge is -2.15. The predicted octanol–water partition coefficient (Wildman–Crippen LogP) is 4.33. The molecular weight excluding hydrogens is 423 g/mol. The molecule has 3 aromatic rings. The lowest BCUT2D eigenvalue weighted by molar-refractivity contribution is -0.128. The second-order valence-corrected chi connectivity index (χ2v) is 7.94. The van der Waals surface area contributed by atoms with E-state index in [4.69, 9.17) is 4.52 Å². The molecule has 3 heterocycles. The summed E-state index contributed by atoms with van der Waals surface area (Å²) < 4.78 is 42.4. The lowest BCUT2D eigenvalue weighted by Crippen LogP contribution is -2.28. The number of pyridine rings is 1. The number of halogens is 3. The molecule has 1 saturated heterocycles. The van der Waals surface area contributed by atoms with Crippen LogP contribution in [0.5, 0.6) is 0 Å². The minimum atomic E-state index is -4.40. The average Bonchev–Trinajstić information content (AvgIpc) is 3.40. The van der Waals surface area contributed by atoms with Crippen molar-refractivity contribution in [1.29, 1.82) is 0 Å². The van der Waals surface area contributed by atoms with E-state index in [1.807, 2.05) is 11.0 Å². The van der Waals surface area contributed by atoms with Gasteiger partial charge in [-0.3, -0.25) is 4.79 Å². The van der Waals surface area contributed by atoms with Crippen LogP contribution >= 0.6 is 0 Å². The molecule has 0 spiro atoms. The number of nitrogens with one attached hydrogen (secondary N) is 1. The van der Waals surface area contributed by atoms with Crippen molar-refractivity contribution in [1.82, 2.24) is 20.0 Å². The van der Waals surface area contributed by atoms with E-state index in [1.165, 1.54) is 0 Å². The van der Waals surface area contributed by atoms with Gasteiger partial charge in [-0.15, -0.1) is 0 Å². The Hall–Kier alpha value is -3.43. The van der Waals surface area contributed by atoms with Crippen LogP contribution in [0.25, 0.3) is 11.5 Å². The number of amides is 1. The number of alkyl halides is 3. The molecule has 0 radical (unpaired) electrons. The van der Waals surface area contributed by atoms with Gasteiger partial charge in [0.1, 0.15) is 12.2 Å². The lowest BCUT2D eigenvalue weighted by atomic mass is 10.1. The number of nitrogens with zero attached hydrogens (tertiary/aromatic N) is 4. The second-order valence-electron chi connectivity index (χ2n) is 7.94. The van der Waals surface area contributed by atoms with E-state index < -0.39 is 18.4 Å². The van der Waals surface area contributed by atoms with E-state index >= 15 is 0 Å². The Morgan fingerprint density at radius 3 is 2.81 bits per heavy atom. The van der Waals surface area contributed by atoms with E-state index in [9.17, 15) is 18.0 Å². The van der Waals surface area contributed by atoms with Gasteiger partial charge in [0.05, 0.1) is 5.56 Å². The Labute approximate surface area is 182 Å². The fourth-order valence-corrected chi connectivity index (χ4v) is 3.56. The molecule has 1 fully saturated rings. The van der Waals surface area contributed by atoms with Crippen LogP contribution in [0.1, 0.15) is 35.1 Å². The van der Waals surface area contributed by atoms with Gasteiger partial charge in [-0.05, 0) is 42.2 Å². The van der Waals surface area contributed by atoms with Crippen molar-refractivity contribution in [3.8, 4) is 11.5 Å². The highest BCUT2D eigenvalue weighted by atomic mass is 19.4. The number of aromatic nitrogens is 3. The van der Waals surface area contributed by atoms with Crippen molar-refractivity contribution in [2.24, 2.45) is 5.92 Å². The van der Waals surface area contributed by atoms with Gasteiger partial charge in [0.2, 0.25) is 0 Å². The topological polar surface area (TPSA) is 84.2 Å². The highest BCUT2D eigenvalue weighted by Crippen LogP contribution is 2.23. The Bertz CT molecular complexity index is 1080. The molecule has 2 aromatic heterocycles. The summed E-state index contributed by atoms with van der Waals surface area (Å²) in [5.41, 5.74) is 1.93. The van der Waals surface area contributed by atoms with Gasteiger partial charge in [0, 0.05) is 31.4 Å². The summed E-state index contributed by atoms with van der Waals surface area (Å²) in [4.78, 5) is 22.5. The van der Waals surface area contributed by atoms with E-state index in [0.29, 0.717) is 29.4 Å². The zero-order chi connectivity index (χ0) is 22.7. The second kappa shape index (κ2) is 8.97. The molecule has 7 nitrogen and oxygen atoms in total. The third-order valence-corrected chi connectivity index (χ3v) is 5.20. The molecule has 1 atom stereocenters. The van der Waals surface area contributed by atoms with Gasteiger partial charge in [0.15, 0.2) is 5.82 Å². The summed E-state index contributed by atoms with van der Waals surface area (Å²) >= 11 is 0. The number of rotatable bonds is 6. The van der Waals surface area contributed by atoms with Crippen molar-refractivity contribution in [2.45, 2.75) is 32.5 Å². The first-order valence-corrected chi connectivity index (χ1v) is 10.2. The number of hydrogen-bond donors (Lipinski definition) is 1. The minimum Gasteiger partial charge on any atom is -0.366 e. The first-order chi connectivity index (χ1) is 15.3. The van der Waals surface area contributed by atoms with E-state index in [2.05, 4.69) is 27.4 Å². The normalized spacial score (nSPS) is 16.4. The first kappa shape index (κ1) is 21.8. The third kappa shape index (κ3) is 5.43. The van der Waals surface area contributed by atoms with Crippen molar-refractivity contribution < 1.29 is 22.5 Å². The van der Waals surface area contributed by atoms with Gasteiger partial charge in [-0.25, -0.2) is 4.98 Å². The molecule has 1 aliphatic heterocycles. The number of hydrogen-bond acceptors (Lipinski definition) is 6. The fraction of sp³-hybridized carbons (Fsp3) is 0.364. The van der Waals surface area contributed by atoms with Crippen molar-refractivity contribution in [2.75, 3.05) is 18.4 Å². The molecule has 32 heavy (non-hydrogen) atoms. The Morgan fingerprint density at radius 2 is 2.12 bits per heavy atom. The highest BCUT2D eigenvalue weighted by Gasteiger charge is 2.30. The zero-order valence-corrected chi connectivity index (χ0v) is 17.4. The quantitative estimate of drug-likeness (QED) is 0.608. The fourth-order valence-electron chi connectivity index (χ4n) is 3.56. The van der Waals surface area contributed by atoms with Crippen LogP contribution in [0, 0.1) is 5.92 Å². The van der Waals surface area contributed by atoms with Crippen LogP contribution in [-0.4, -0.2) is 45.2 Å². The van der Waals surface area contributed by atoms with Gasteiger partial charge in [0.25, 0.3) is 11.8 Å². The molecule has 1 N–H and O–H groups in total. The molecule has 1 aromatic carbocycles. The monoisotopic (exact) mass is 445 g/mol. The summed E-state index contributed by atoms with van der Waals surface area (Å²) in [6, 6.07) is 10.6. The number of benzene rings is 1. The summed E-state index contributed by atoms with van der Waals surface area (Å²) in [5, 5.41) is 6.56. The molecule has 0 aliphatic carbocycles. The van der Waals surface area contributed by atoms with Crippen LogP contribution in [0.4, 0.5) is 19.0 Å². The summed E-state index contributed by atoms with van der Waals surface area (Å²) in [5.74, 6) is 0.742. The van der Waals surface area contributed by atoms with Crippen molar-refractivity contribution in [3.63, 3.8) is 0 Å². The highest BCUT2D eigenvalue weighted by molar-refractivity contribution is 5.94. The van der Waals surface area contributed by atoms with Gasteiger partial charge < -0.3 is 14.7 Å². The predicted molar refractivity (Wildman–Crippen MR) is 111 cm³/mol. The van der Waals surface area contributed by atoms with Gasteiger partial charge in [-0.1, -0.05) is 24.2 Å². The van der Waals surface area contributed by atoms with Crippen LogP contribution in [0.3, 0.4) is 0 Å². The smallest absolute Gasteiger partial charge is 0.366 e. The van der Waals surface area contributed by atoms with Crippen LogP contribution < -0.4 is 5.32 Å². The molecule has 1 aliphatic rings. The minimum absolute atomic E-state index is 0.00875. The maximum absolute atomic E-state index is 12.5. The maximum Gasteiger partial charge on any atom is 0.396 e. The first-order valence-electron chi connectivity index (χ1n) is 10.2. The van der Waals surface area contributed by atoms with Crippen LogP contribution in [0.15, 0.2) is 47.1 Å². The largest absolute Gasteiger partial charge is 0.396 e. The number of likely N-dealkylation sites (tertiary alicyclic amines) is 1. The summed E-state index contributed by atoms with van der Waals surface area (Å²) in [7, 11) is 0. The molecule has 0 unspecified atom stereocenters. The Morgan fingerprint density at radius 1 is 1.28 bits per heavy atom. The number of carbonyl (C=O) groups excluding carboxylic acids is 1.